The van der Waals surface area contributed by atoms with E-state index in [1.165, 1.54) is 32.2 Å². The molecule has 1 saturated heterocycles. The molecule has 108 valence electrons. The van der Waals surface area contributed by atoms with E-state index in [1.807, 2.05) is 0 Å². The van der Waals surface area contributed by atoms with E-state index in [4.69, 9.17) is 0 Å². The highest BCUT2D eigenvalue weighted by Crippen LogP contribution is 2.20. The van der Waals surface area contributed by atoms with E-state index < -0.39 is 0 Å². The van der Waals surface area contributed by atoms with Gasteiger partial charge in [-0.2, -0.15) is 0 Å². The lowest BCUT2D eigenvalue weighted by Crippen LogP contribution is -2.39. The molecule has 1 rings (SSSR count). The Morgan fingerprint density at radius 2 is 2.00 bits per heavy atom. The molecule has 18 heavy (non-hydrogen) atoms. The van der Waals surface area contributed by atoms with Crippen molar-refractivity contribution in [3.8, 4) is 0 Å². The summed E-state index contributed by atoms with van der Waals surface area (Å²) >= 11 is 0. The first-order valence-electron chi connectivity index (χ1n) is 7.73. The standard InChI is InChI=1S/C15H32N2O/c1-4-14-6-5-8-17(9-7-14)12-15(18)11-16-10-13(2)3/h13-16,18H,4-12H2,1-3H3. The van der Waals surface area contributed by atoms with Crippen LogP contribution >= 0.6 is 0 Å². The number of β-amino-alcohol motifs (C(OH)–C–C–N with tert-alkyl or cyclic N) is 1. The van der Waals surface area contributed by atoms with Crippen LogP contribution < -0.4 is 5.32 Å². The Labute approximate surface area is 113 Å². The summed E-state index contributed by atoms with van der Waals surface area (Å²) in [5.74, 6) is 1.56. The summed E-state index contributed by atoms with van der Waals surface area (Å²) in [7, 11) is 0. The Morgan fingerprint density at radius 3 is 2.67 bits per heavy atom. The third kappa shape index (κ3) is 6.72. The van der Waals surface area contributed by atoms with Gasteiger partial charge in [-0.25, -0.2) is 0 Å². The first kappa shape index (κ1) is 15.9. The predicted molar refractivity (Wildman–Crippen MR) is 77.8 cm³/mol. The van der Waals surface area contributed by atoms with Crippen molar-refractivity contribution in [2.45, 2.75) is 52.6 Å². The molecule has 2 unspecified atom stereocenters. The molecule has 3 heteroatoms. The van der Waals surface area contributed by atoms with E-state index in [0.29, 0.717) is 5.92 Å². The summed E-state index contributed by atoms with van der Waals surface area (Å²) in [5, 5.41) is 13.4. The third-order valence-corrected chi connectivity index (χ3v) is 3.92. The maximum absolute atomic E-state index is 10.0. The Kier molecular flexibility index (Phi) is 7.87. The highest BCUT2D eigenvalue weighted by Gasteiger charge is 2.17. The van der Waals surface area contributed by atoms with Crippen molar-refractivity contribution in [3.63, 3.8) is 0 Å². The van der Waals surface area contributed by atoms with Crippen molar-refractivity contribution in [1.82, 2.24) is 10.2 Å². The first-order chi connectivity index (χ1) is 8.61. The Balaban J connectivity index is 2.16. The molecule has 0 aromatic rings. The minimum absolute atomic E-state index is 0.220. The smallest absolute Gasteiger partial charge is 0.0791 e. The Bertz CT molecular complexity index is 209. The van der Waals surface area contributed by atoms with Crippen LogP contribution in [0.15, 0.2) is 0 Å². The van der Waals surface area contributed by atoms with Crippen molar-refractivity contribution in [2.24, 2.45) is 11.8 Å². The molecule has 2 atom stereocenters. The summed E-state index contributed by atoms with van der Waals surface area (Å²) in [6, 6.07) is 0. The number of aliphatic hydroxyl groups excluding tert-OH is 1. The fourth-order valence-electron chi connectivity index (χ4n) is 2.72. The van der Waals surface area contributed by atoms with Crippen LogP contribution in [-0.2, 0) is 0 Å². The number of nitrogens with one attached hydrogen (secondary N) is 1. The molecule has 0 spiro atoms. The maximum Gasteiger partial charge on any atom is 0.0791 e. The summed E-state index contributed by atoms with van der Waals surface area (Å²) in [5.41, 5.74) is 0. The molecule has 0 aliphatic carbocycles. The van der Waals surface area contributed by atoms with Crippen molar-refractivity contribution in [2.75, 3.05) is 32.7 Å². The van der Waals surface area contributed by atoms with E-state index in [1.54, 1.807) is 0 Å². The number of hydrogen-bond donors (Lipinski definition) is 2. The summed E-state index contributed by atoms with van der Waals surface area (Å²) in [6.07, 6.45) is 5.07. The summed E-state index contributed by atoms with van der Waals surface area (Å²) in [4.78, 5) is 2.44. The van der Waals surface area contributed by atoms with Gasteiger partial charge in [-0.15, -0.1) is 0 Å². The lowest BCUT2D eigenvalue weighted by atomic mass is 9.98. The minimum Gasteiger partial charge on any atom is -0.390 e. The fourth-order valence-corrected chi connectivity index (χ4v) is 2.72. The normalized spacial score (nSPS) is 24.2. The molecule has 0 aromatic heterocycles. The molecular formula is C15H32N2O. The number of hydrogen-bond acceptors (Lipinski definition) is 3. The van der Waals surface area contributed by atoms with E-state index in [9.17, 15) is 5.11 Å². The second-order valence-corrected chi connectivity index (χ2v) is 6.21. The van der Waals surface area contributed by atoms with Gasteiger partial charge in [-0.05, 0) is 50.7 Å². The van der Waals surface area contributed by atoms with Gasteiger partial charge >= 0.3 is 0 Å². The zero-order chi connectivity index (χ0) is 13.4. The molecule has 1 fully saturated rings. The van der Waals surface area contributed by atoms with Gasteiger partial charge in [0.2, 0.25) is 0 Å². The summed E-state index contributed by atoms with van der Waals surface area (Å²) < 4.78 is 0. The topological polar surface area (TPSA) is 35.5 Å². The van der Waals surface area contributed by atoms with E-state index >= 15 is 0 Å². The molecule has 1 heterocycles. The number of aliphatic hydroxyl groups is 1. The van der Waals surface area contributed by atoms with Crippen LogP contribution in [0.2, 0.25) is 0 Å². The largest absolute Gasteiger partial charge is 0.390 e. The number of rotatable bonds is 7. The van der Waals surface area contributed by atoms with Crippen LogP contribution in [0.25, 0.3) is 0 Å². The van der Waals surface area contributed by atoms with Crippen molar-refractivity contribution >= 4 is 0 Å². The molecule has 3 nitrogen and oxygen atoms in total. The molecule has 1 aliphatic rings. The van der Waals surface area contributed by atoms with Crippen LogP contribution in [0.1, 0.15) is 46.5 Å². The SMILES string of the molecule is CCC1CCCN(CC(O)CNCC(C)C)CC1. The minimum atomic E-state index is -0.220. The van der Waals surface area contributed by atoms with Crippen molar-refractivity contribution in [3.05, 3.63) is 0 Å². The van der Waals surface area contributed by atoms with Crippen LogP contribution in [0.3, 0.4) is 0 Å². The Morgan fingerprint density at radius 1 is 1.22 bits per heavy atom. The zero-order valence-electron chi connectivity index (χ0n) is 12.5. The molecule has 0 amide bonds. The molecule has 0 radical (unpaired) electrons. The second kappa shape index (κ2) is 8.89. The van der Waals surface area contributed by atoms with Crippen LogP contribution in [0, 0.1) is 11.8 Å². The zero-order valence-corrected chi connectivity index (χ0v) is 12.5. The van der Waals surface area contributed by atoms with Gasteiger partial charge in [0, 0.05) is 13.1 Å². The van der Waals surface area contributed by atoms with Gasteiger partial charge in [0.1, 0.15) is 0 Å². The van der Waals surface area contributed by atoms with Gasteiger partial charge in [0.05, 0.1) is 6.10 Å². The van der Waals surface area contributed by atoms with E-state index in [-0.39, 0.29) is 6.10 Å². The summed E-state index contributed by atoms with van der Waals surface area (Å²) in [6.45, 7) is 11.6. The second-order valence-electron chi connectivity index (χ2n) is 6.21. The highest BCUT2D eigenvalue weighted by atomic mass is 16.3. The maximum atomic E-state index is 10.0. The monoisotopic (exact) mass is 256 g/mol. The molecule has 0 bridgehead atoms. The lowest BCUT2D eigenvalue weighted by Gasteiger charge is -2.23. The average molecular weight is 256 g/mol. The van der Waals surface area contributed by atoms with Gasteiger partial charge < -0.3 is 15.3 Å². The fraction of sp³-hybridized carbons (Fsp3) is 1.00. The highest BCUT2D eigenvalue weighted by molar-refractivity contribution is 4.73. The van der Waals surface area contributed by atoms with Gasteiger partial charge in [-0.3, -0.25) is 0 Å². The quantitative estimate of drug-likeness (QED) is 0.732. The van der Waals surface area contributed by atoms with Crippen molar-refractivity contribution in [1.29, 1.82) is 0 Å². The molecule has 0 aromatic carbocycles. The number of likely N-dealkylation sites (tertiary alicyclic amines) is 1. The average Bonchev–Trinajstić information content (AvgIpc) is 2.53. The Hall–Kier alpha value is -0.120. The van der Waals surface area contributed by atoms with Gasteiger partial charge in [0.15, 0.2) is 0 Å². The third-order valence-electron chi connectivity index (χ3n) is 3.92. The van der Waals surface area contributed by atoms with Gasteiger partial charge in [0.25, 0.3) is 0 Å². The van der Waals surface area contributed by atoms with Crippen molar-refractivity contribution < 1.29 is 5.11 Å². The number of nitrogens with zero attached hydrogens (tertiary/aromatic N) is 1. The lowest BCUT2D eigenvalue weighted by molar-refractivity contribution is 0.112. The molecule has 0 saturated carbocycles. The molecular weight excluding hydrogens is 224 g/mol. The first-order valence-corrected chi connectivity index (χ1v) is 7.73. The van der Waals surface area contributed by atoms with Crippen LogP contribution in [0.5, 0.6) is 0 Å². The molecule has 2 N–H and O–H groups in total. The van der Waals surface area contributed by atoms with Crippen LogP contribution in [0.4, 0.5) is 0 Å². The predicted octanol–water partition coefficient (Wildman–Crippen LogP) is 2.10. The van der Waals surface area contributed by atoms with Crippen LogP contribution in [-0.4, -0.2) is 48.8 Å². The van der Waals surface area contributed by atoms with Gasteiger partial charge in [-0.1, -0.05) is 27.2 Å². The van der Waals surface area contributed by atoms with E-state index in [0.717, 1.165) is 32.1 Å². The molecule has 1 aliphatic heterocycles. The van der Waals surface area contributed by atoms with E-state index in [2.05, 4.69) is 31.0 Å².